The molecular formula is C18H21F3N4O3. The van der Waals surface area contributed by atoms with Gasteiger partial charge in [0.1, 0.15) is 5.60 Å². The highest BCUT2D eigenvalue weighted by molar-refractivity contribution is 5.68. The van der Waals surface area contributed by atoms with E-state index in [-0.39, 0.29) is 18.8 Å². The zero-order valence-electron chi connectivity index (χ0n) is 15.9. The lowest BCUT2D eigenvalue weighted by Crippen LogP contribution is -2.32. The topological polar surface area (TPSA) is 97.2 Å². The van der Waals surface area contributed by atoms with Gasteiger partial charge in [0.2, 0.25) is 5.82 Å². The number of aromatic nitrogens is 3. The number of rotatable bonds is 4. The van der Waals surface area contributed by atoms with Crippen molar-refractivity contribution in [1.29, 1.82) is 0 Å². The van der Waals surface area contributed by atoms with E-state index in [1.54, 1.807) is 26.8 Å². The lowest BCUT2D eigenvalue weighted by molar-refractivity contribution is -0.145. The van der Waals surface area contributed by atoms with Crippen LogP contribution in [0.2, 0.25) is 0 Å². The molecule has 7 nitrogen and oxygen atoms in total. The second kappa shape index (κ2) is 8.09. The number of alkyl carbamates (subject to hydrolysis) is 1. The Morgan fingerprint density at radius 1 is 1.18 bits per heavy atom. The molecule has 10 heteroatoms. The summed E-state index contributed by atoms with van der Waals surface area (Å²) in [5.74, 6) is -1.23. The lowest BCUT2D eigenvalue weighted by Gasteiger charge is -2.20. The van der Waals surface area contributed by atoms with E-state index in [0.717, 1.165) is 6.20 Å². The molecule has 2 aromatic rings. The standard InChI is InChI=1S/C18H21F3N4O3/c1-10-13(8-23-15(25-10)18(19,20)21)14-5-11(12(9-26)7-22-14)6-24-16(27)28-17(2,3)4/h5,7-8,26H,6,9H2,1-4H3,(H,24,27). The van der Waals surface area contributed by atoms with Crippen molar-refractivity contribution >= 4 is 6.09 Å². The van der Waals surface area contributed by atoms with E-state index in [4.69, 9.17) is 4.74 Å². The van der Waals surface area contributed by atoms with E-state index >= 15 is 0 Å². The maximum absolute atomic E-state index is 12.7. The van der Waals surface area contributed by atoms with Crippen LogP contribution in [0.4, 0.5) is 18.0 Å². The molecule has 28 heavy (non-hydrogen) atoms. The molecule has 0 spiro atoms. The number of halogens is 3. The number of alkyl halides is 3. The van der Waals surface area contributed by atoms with Gasteiger partial charge in [-0.05, 0) is 39.3 Å². The Kier molecular flexibility index (Phi) is 6.23. The smallest absolute Gasteiger partial charge is 0.444 e. The quantitative estimate of drug-likeness (QED) is 0.820. The maximum atomic E-state index is 12.7. The first-order valence-corrected chi connectivity index (χ1v) is 8.37. The molecule has 2 N–H and O–H groups in total. The van der Waals surface area contributed by atoms with E-state index < -0.39 is 23.7 Å². The number of ether oxygens (including phenoxy) is 1. The fourth-order valence-electron chi connectivity index (χ4n) is 2.32. The summed E-state index contributed by atoms with van der Waals surface area (Å²) in [5.41, 5.74) is 1.09. The Bertz CT molecular complexity index is 864. The minimum atomic E-state index is -4.64. The van der Waals surface area contributed by atoms with Crippen LogP contribution in [0.25, 0.3) is 11.3 Å². The molecule has 0 unspecified atom stereocenters. The summed E-state index contributed by atoms with van der Waals surface area (Å²) in [7, 11) is 0. The molecule has 1 amide bonds. The van der Waals surface area contributed by atoms with Crippen molar-refractivity contribution in [3.05, 3.63) is 41.1 Å². The largest absolute Gasteiger partial charge is 0.451 e. The highest BCUT2D eigenvalue weighted by atomic mass is 19.4. The zero-order valence-corrected chi connectivity index (χ0v) is 15.9. The van der Waals surface area contributed by atoms with Crippen molar-refractivity contribution in [1.82, 2.24) is 20.3 Å². The Morgan fingerprint density at radius 3 is 2.39 bits per heavy atom. The molecule has 2 rings (SSSR count). The normalized spacial score (nSPS) is 12.0. The van der Waals surface area contributed by atoms with Crippen LogP contribution in [0.3, 0.4) is 0 Å². The van der Waals surface area contributed by atoms with Crippen molar-refractivity contribution in [2.75, 3.05) is 0 Å². The Balaban J connectivity index is 2.28. The first-order chi connectivity index (χ1) is 12.9. The maximum Gasteiger partial charge on any atom is 0.451 e. The fourth-order valence-corrected chi connectivity index (χ4v) is 2.32. The average Bonchev–Trinajstić information content (AvgIpc) is 2.57. The van der Waals surface area contributed by atoms with Gasteiger partial charge in [-0.15, -0.1) is 0 Å². The molecule has 152 valence electrons. The number of carbonyl (C=O) groups is 1. The number of aliphatic hydroxyl groups excluding tert-OH is 1. The SMILES string of the molecule is Cc1nc(C(F)(F)F)ncc1-c1cc(CNC(=O)OC(C)(C)C)c(CO)cn1. The van der Waals surface area contributed by atoms with Crippen LogP contribution in [0.5, 0.6) is 0 Å². The molecular weight excluding hydrogens is 377 g/mol. The Morgan fingerprint density at radius 2 is 1.86 bits per heavy atom. The van der Waals surface area contributed by atoms with Gasteiger partial charge in [0.15, 0.2) is 0 Å². The fraction of sp³-hybridized carbons (Fsp3) is 0.444. The van der Waals surface area contributed by atoms with E-state index in [0.29, 0.717) is 22.4 Å². The second-order valence-electron chi connectivity index (χ2n) is 7.04. The third-order valence-electron chi connectivity index (χ3n) is 3.58. The molecule has 2 heterocycles. The predicted octanol–water partition coefficient (Wildman–Crippen LogP) is 3.38. The van der Waals surface area contributed by atoms with Crippen LogP contribution in [-0.4, -0.2) is 31.8 Å². The molecule has 0 aliphatic rings. The van der Waals surface area contributed by atoms with Gasteiger partial charge in [0, 0.05) is 30.1 Å². The summed E-state index contributed by atoms with van der Waals surface area (Å²) in [5, 5.41) is 12.1. The molecule has 0 aromatic carbocycles. The summed E-state index contributed by atoms with van der Waals surface area (Å²) in [6.45, 7) is 6.32. The monoisotopic (exact) mass is 398 g/mol. The van der Waals surface area contributed by atoms with Gasteiger partial charge < -0.3 is 15.2 Å². The Labute approximate surface area is 160 Å². The third-order valence-corrected chi connectivity index (χ3v) is 3.58. The van der Waals surface area contributed by atoms with Gasteiger partial charge in [-0.1, -0.05) is 0 Å². The van der Waals surface area contributed by atoms with Crippen molar-refractivity contribution in [2.24, 2.45) is 0 Å². The zero-order chi connectivity index (χ0) is 21.1. The van der Waals surface area contributed by atoms with Crippen LogP contribution in [0.1, 0.15) is 43.4 Å². The second-order valence-corrected chi connectivity index (χ2v) is 7.04. The van der Waals surface area contributed by atoms with Gasteiger partial charge >= 0.3 is 12.3 Å². The van der Waals surface area contributed by atoms with Crippen LogP contribution in [0, 0.1) is 6.92 Å². The number of hydrogen-bond acceptors (Lipinski definition) is 6. The number of nitrogens with one attached hydrogen (secondary N) is 1. The third kappa shape index (κ3) is 5.62. The number of nitrogens with zero attached hydrogens (tertiary/aromatic N) is 3. The van der Waals surface area contributed by atoms with Gasteiger partial charge in [-0.3, -0.25) is 4.98 Å². The van der Waals surface area contributed by atoms with E-state index in [2.05, 4.69) is 20.3 Å². The van der Waals surface area contributed by atoms with Crippen LogP contribution >= 0.6 is 0 Å². The minimum absolute atomic E-state index is 0.0425. The van der Waals surface area contributed by atoms with Crippen LogP contribution < -0.4 is 5.32 Å². The number of hydrogen-bond donors (Lipinski definition) is 2. The molecule has 2 aromatic heterocycles. The number of amides is 1. The van der Waals surface area contributed by atoms with Crippen LogP contribution in [-0.2, 0) is 24.1 Å². The summed E-state index contributed by atoms with van der Waals surface area (Å²) in [6, 6.07) is 1.56. The van der Waals surface area contributed by atoms with E-state index in [1.807, 2.05) is 0 Å². The van der Waals surface area contributed by atoms with Gasteiger partial charge in [-0.25, -0.2) is 14.8 Å². The number of aliphatic hydroxyl groups is 1. The molecule has 0 saturated carbocycles. The number of carbonyl (C=O) groups excluding carboxylic acids is 1. The van der Waals surface area contributed by atoms with Gasteiger partial charge in [-0.2, -0.15) is 13.2 Å². The molecule has 0 bridgehead atoms. The summed E-state index contributed by atoms with van der Waals surface area (Å²) in [4.78, 5) is 22.8. The van der Waals surface area contributed by atoms with Crippen molar-refractivity contribution in [2.45, 2.75) is 52.6 Å². The molecule has 0 aliphatic heterocycles. The number of aryl methyl sites for hydroxylation is 1. The van der Waals surface area contributed by atoms with E-state index in [9.17, 15) is 23.1 Å². The van der Waals surface area contributed by atoms with Crippen molar-refractivity contribution in [3.8, 4) is 11.3 Å². The molecule has 0 atom stereocenters. The molecule has 0 saturated heterocycles. The highest BCUT2D eigenvalue weighted by Crippen LogP contribution is 2.29. The number of pyridine rings is 1. The minimum Gasteiger partial charge on any atom is -0.444 e. The highest BCUT2D eigenvalue weighted by Gasteiger charge is 2.35. The summed E-state index contributed by atoms with van der Waals surface area (Å²) < 4.78 is 43.4. The summed E-state index contributed by atoms with van der Waals surface area (Å²) in [6.07, 6.45) is -2.83. The van der Waals surface area contributed by atoms with Gasteiger partial charge in [0.05, 0.1) is 18.0 Å². The van der Waals surface area contributed by atoms with Gasteiger partial charge in [0.25, 0.3) is 0 Å². The average molecular weight is 398 g/mol. The molecule has 0 aliphatic carbocycles. The first kappa shape index (κ1) is 21.5. The van der Waals surface area contributed by atoms with Crippen molar-refractivity contribution in [3.63, 3.8) is 0 Å². The van der Waals surface area contributed by atoms with E-state index in [1.165, 1.54) is 13.1 Å². The molecule has 0 fully saturated rings. The predicted molar refractivity (Wildman–Crippen MR) is 94.0 cm³/mol. The molecule has 0 radical (unpaired) electrons. The first-order valence-electron chi connectivity index (χ1n) is 8.37. The van der Waals surface area contributed by atoms with Crippen molar-refractivity contribution < 1.29 is 27.8 Å². The lowest BCUT2D eigenvalue weighted by atomic mass is 10.1. The summed E-state index contributed by atoms with van der Waals surface area (Å²) >= 11 is 0. The Hall–Kier alpha value is -2.75. The van der Waals surface area contributed by atoms with Crippen LogP contribution in [0.15, 0.2) is 18.5 Å².